The van der Waals surface area contributed by atoms with Gasteiger partial charge in [0.2, 0.25) is 0 Å². The van der Waals surface area contributed by atoms with E-state index in [4.69, 9.17) is 17.2 Å². The molecule has 0 heterocycles. The van der Waals surface area contributed by atoms with E-state index < -0.39 is 0 Å². The van der Waals surface area contributed by atoms with Crippen molar-refractivity contribution in [2.75, 3.05) is 17.6 Å². The molecule has 0 saturated heterocycles. The highest BCUT2D eigenvalue weighted by Gasteiger charge is 1.97. The minimum atomic E-state index is -0.216. The molecule has 12 heavy (non-hydrogen) atoms. The molecule has 4 heteroatoms. The van der Waals surface area contributed by atoms with Gasteiger partial charge in [-0.15, -0.1) is 0 Å². The molecule has 0 spiro atoms. The molecule has 0 aliphatic rings. The summed E-state index contributed by atoms with van der Waals surface area (Å²) in [6.45, 7) is 0.398. The second kappa shape index (κ2) is 3.94. The smallest absolute Gasteiger partial charge is 0.0868 e. The van der Waals surface area contributed by atoms with Crippen molar-refractivity contribution in [2.24, 2.45) is 11.5 Å². The Labute approximate surface area is 71.7 Å². The molecule has 1 aromatic rings. The van der Waals surface area contributed by atoms with Gasteiger partial charge in [0.25, 0.3) is 0 Å². The molecular formula is C8H14N4. The highest BCUT2D eigenvalue weighted by Crippen LogP contribution is 2.11. The molecule has 1 unspecified atom stereocenters. The summed E-state index contributed by atoms with van der Waals surface area (Å²) >= 11 is 0. The third-order valence-corrected chi connectivity index (χ3v) is 1.49. The number of nitrogens with one attached hydrogen (secondary N) is 1. The quantitative estimate of drug-likeness (QED) is 0.373. The van der Waals surface area contributed by atoms with Crippen molar-refractivity contribution in [3.63, 3.8) is 0 Å². The summed E-state index contributed by atoms with van der Waals surface area (Å²) in [7, 11) is 0. The normalized spacial score (nSPS) is 12.5. The SMILES string of the molecule is NCC(N)Nc1cccc(N)c1. The van der Waals surface area contributed by atoms with Crippen LogP contribution in [0, 0.1) is 0 Å². The molecule has 1 rings (SSSR count). The molecule has 0 amide bonds. The van der Waals surface area contributed by atoms with Gasteiger partial charge in [-0.3, -0.25) is 0 Å². The zero-order valence-electron chi connectivity index (χ0n) is 6.83. The summed E-state index contributed by atoms with van der Waals surface area (Å²) in [6, 6.07) is 7.39. The first-order valence-corrected chi connectivity index (χ1v) is 3.80. The minimum Gasteiger partial charge on any atom is -0.399 e. The van der Waals surface area contributed by atoms with Gasteiger partial charge in [-0.25, -0.2) is 0 Å². The van der Waals surface area contributed by atoms with Crippen LogP contribution in [-0.4, -0.2) is 12.7 Å². The fourth-order valence-corrected chi connectivity index (χ4v) is 0.901. The maximum absolute atomic E-state index is 5.58. The topological polar surface area (TPSA) is 90.1 Å². The van der Waals surface area contributed by atoms with E-state index in [1.807, 2.05) is 24.3 Å². The lowest BCUT2D eigenvalue weighted by molar-refractivity contribution is 0.768. The molecule has 0 aliphatic carbocycles. The van der Waals surface area contributed by atoms with Crippen LogP contribution in [0.1, 0.15) is 0 Å². The number of anilines is 2. The van der Waals surface area contributed by atoms with Crippen LogP contribution in [0.3, 0.4) is 0 Å². The molecule has 4 nitrogen and oxygen atoms in total. The van der Waals surface area contributed by atoms with Crippen molar-refractivity contribution >= 4 is 11.4 Å². The Morgan fingerprint density at radius 3 is 2.75 bits per heavy atom. The number of rotatable bonds is 3. The highest BCUT2D eigenvalue weighted by atomic mass is 15.0. The van der Waals surface area contributed by atoms with Crippen LogP contribution in [-0.2, 0) is 0 Å². The van der Waals surface area contributed by atoms with Crippen LogP contribution in [0.15, 0.2) is 24.3 Å². The molecule has 0 aromatic heterocycles. The lowest BCUT2D eigenvalue weighted by Crippen LogP contribution is -2.37. The van der Waals surface area contributed by atoms with E-state index in [1.54, 1.807) is 0 Å². The zero-order chi connectivity index (χ0) is 8.97. The Balaban J connectivity index is 2.63. The van der Waals surface area contributed by atoms with E-state index in [0.29, 0.717) is 12.2 Å². The second-order valence-corrected chi connectivity index (χ2v) is 2.61. The molecular weight excluding hydrogens is 152 g/mol. The van der Waals surface area contributed by atoms with E-state index in [0.717, 1.165) is 5.69 Å². The zero-order valence-corrected chi connectivity index (χ0v) is 6.83. The number of nitrogen functional groups attached to an aromatic ring is 1. The van der Waals surface area contributed by atoms with Crippen LogP contribution in [0.2, 0.25) is 0 Å². The molecule has 0 aliphatic heterocycles. The summed E-state index contributed by atoms with van der Waals surface area (Å²) in [5.41, 5.74) is 18.1. The second-order valence-electron chi connectivity index (χ2n) is 2.61. The van der Waals surface area contributed by atoms with E-state index in [9.17, 15) is 0 Å². The van der Waals surface area contributed by atoms with Crippen molar-refractivity contribution in [1.29, 1.82) is 0 Å². The molecule has 7 N–H and O–H groups in total. The lowest BCUT2D eigenvalue weighted by atomic mass is 10.3. The van der Waals surface area contributed by atoms with Gasteiger partial charge in [-0.2, -0.15) is 0 Å². The fraction of sp³-hybridized carbons (Fsp3) is 0.250. The van der Waals surface area contributed by atoms with Crippen LogP contribution in [0.4, 0.5) is 11.4 Å². The molecule has 66 valence electrons. The van der Waals surface area contributed by atoms with Gasteiger partial charge in [0.15, 0.2) is 0 Å². The predicted octanol–water partition coefficient (Wildman–Crippen LogP) is -0.0758. The van der Waals surface area contributed by atoms with E-state index in [-0.39, 0.29) is 6.17 Å². The van der Waals surface area contributed by atoms with Crippen molar-refractivity contribution in [1.82, 2.24) is 0 Å². The third-order valence-electron chi connectivity index (χ3n) is 1.49. The average Bonchev–Trinajstić information content (AvgIpc) is 2.04. The first-order chi connectivity index (χ1) is 5.72. The summed E-state index contributed by atoms with van der Waals surface area (Å²) in [4.78, 5) is 0. The van der Waals surface area contributed by atoms with Crippen molar-refractivity contribution < 1.29 is 0 Å². The predicted molar refractivity (Wildman–Crippen MR) is 51.5 cm³/mol. The molecule has 1 aromatic carbocycles. The van der Waals surface area contributed by atoms with Gasteiger partial charge in [-0.1, -0.05) is 6.07 Å². The largest absolute Gasteiger partial charge is 0.399 e. The maximum Gasteiger partial charge on any atom is 0.0868 e. The van der Waals surface area contributed by atoms with Crippen LogP contribution >= 0.6 is 0 Å². The minimum absolute atomic E-state index is 0.216. The van der Waals surface area contributed by atoms with Gasteiger partial charge >= 0.3 is 0 Å². The summed E-state index contributed by atoms with van der Waals surface area (Å²) < 4.78 is 0. The molecule has 0 saturated carbocycles. The first kappa shape index (κ1) is 8.83. The van der Waals surface area contributed by atoms with Crippen molar-refractivity contribution in [3.05, 3.63) is 24.3 Å². The summed E-state index contributed by atoms with van der Waals surface area (Å²) in [6.07, 6.45) is -0.216. The average molecular weight is 166 g/mol. The summed E-state index contributed by atoms with van der Waals surface area (Å²) in [5.74, 6) is 0. The Bertz CT molecular complexity index is 249. The van der Waals surface area contributed by atoms with Crippen LogP contribution in [0.25, 0.3) is 0 Å². The first-order valence-electron chi connectivity index (χ1n) is 3.80. The van der Waals surface area contributed by atoms with Gasteiger partial charge in [-0.05, 0) is 18.2 Å². The molecule has 0 bridgehead atoms. The fourth-order valence-electron chi connectivity index (χ4n) is 0.901. The monoisotopic (exact) mass is 166 g/mol. The van der Waals surface area contributed by atoms with Gasteiger partial charge in [0.1, 0.15) is 0 Å². The highest BCUT2D eigenvalue weighted by molar-refractivity contribution is 5.54. The number of hydrogen-bond donors (Lipinski definition) is 4. The van der Waals surface area contributed by atoms with Crippen LogP contribution < -0.4 is 22.5 Å². The lowest BCUT2D eigenvalue weighted by Gasteiger charge is -2.12. The number of benzene rings is 1. The van der Waals surface area contributed by atoms with Crippen LogP contribution in [0.5, 0.6) is 0 Å². The van der Waals surface area contributed by atoms with E-state index in [2.05, 4.69) is 5.32 Å². The van der Waals surface area contributed by atoms with Crippen molar-refractivity contribution in [2.45, 2.75) is 6.17 Å². The Hall–Kier alpha value is -1.26. The molecule has 0 radical (unpaired) electrons. The third kappa shape index (κ3) is 2.41. The number of hydrogen-bond acceptors (Lipinski definition) is 4. The molecule has 0 fully saturated rings. The summed E-state index contributed by atoms with van der Waals surface area (Å²) in [5, 5.41) is 3.01. The van der Waals surface area contributed by atoms with E-state index in [1.165, 1.54) is 0 Å². The Kier molecular flexibility index (Phi) is 2.90. The van der Waals surface area contributed by atoms with Gasteiger partial charge in [0, 0.05) is 17.9 Å². The maximum atomic E-state index is 5.58. The Morgan fingerprint density at radius 2 is 2.17 bits per heavy atom. The number of nitrogens with two attached hydrogens (primary N) is 3. The Morgan fingerprint density at radius 1 is 1.42 bits per heavy atom. The van der Waals surface area contributed by atoms with Crippen molar-refractivity contribution in [3.8, 4) is 0 Å². The standard InChI is InChI=1S/C8H14N4/c9-5-8(11)12-7-3-1-2-6(10)4-7/h1-4,8,12H,5,9-11H2. The van der Waals surface area contributed by atoms with Gasteiger partial charge < -0.3 is 22.5 Å². The van der Waals surface area contributed by atoms with E-state index >= 15 is 0 Å². The van der Waals surface area contributed by atoms with Gasteiger partial charge in [0.05, 0.1) is 6.17 Å². The molecule has 1 atom stereocenters.